The highest BCUT2D eigenvalue weighted by atomic mass is 35.5. The molecule has 0 aromatic heterocycles. The number of rotatable bonds is 6. The summed E-state index contributed by atoms with van der Waals surface area (Å²) in [6.45, 7) is 4.00. The number of halogens is 1. The summed E-state index contributed by atoms with van der Waals surface area (Å²) in [5, 5.41) is 3.39. The van der Waals surface area contributed by atoms with E-state index >= 15 is 0 Å². The number of nitrogens with one attached hydrogen (secondary N) is 1. The van der Waals surface area contributed by atoms with E-state index in [9.17, 15) is 13.2 Å². The fourth-order valence-corrected chi connectivity index (χ4v) is 4.21. The number of carbonyl (C=O) groups excluding carboxylic acids is 1. The van der Waals surface area contributed by atoms with Gasteiger partial charge in [0, 0.05) is 29.9 Å². The van der Waals surface area contributed by atoms with Gasteiger partial charge in [-0.2, -0.15) is 4.31 Å². The van der Waals surface area contributed by atoms with Crippen molar-refractivity contribution >= 4 is 33.2 Å². The summed E-state index contributed by atoms with van der Waals surface area (Å²) < 4.78 is 26.7. The van der Waals surface area contributed by atoms with Crippen molar-refractivity contribution in [3.05, 3.63) is 94.0 Å². The van der Waals surface area contributed by atoms with Crippen molar-refractivity contribution in [3.63, 3.8) is 0 Å². The number of anilines is 1. The number of aryl methyl sites for hydroxylation is 2. The van der Waals surface area contributed by atoms with Gasteiger partial charge in [0.15, 0.2) is 0 Å². The van der Waals surface area contributed by atoms with Gasteiger partial charge in [-0.3, -0.25) is 4.79 Å². The van der Waals surface area contributed by atoms with Crippen LogP contribution in [0.5, 0.6) is 0 Å². The van der Waals surface area contributed by atoms with Crippen molar-refractivity contribution in [3.8, 4) is 0 Å². The molecular weight excluding hydrogens is 420 g/mol. The van der Waals surface area contributed by atoms with Crippen molar-refractivity contribution in [1.82, 2.24) is 4.31 Å². The number of sulfonamides is 1. The van der Waals surface area contributed by atoms with E-state index in [2.05, 4.69) is 5.32 Å². The molecule has 0 atom stereocenters. The minimum absolute atomic E-state index is 0.200. The minimum Gasteiger partial charge on any atom is -0.322 e. The maximum atomic E-state index is 12.7. The average Bonchev–Trinajstić information content (AvgIpc) is 2.71. The molecule has 0 radical (unpaired) electrons. The number of hydrogen-bond donors (Lipinski definition) is 1. The number of hydrogen-bond acceptors (Lipinski definition) is 3. The molecule has 3 rings (SSSR count). The predicted octanol–water partition coefficient (Wildman–Crippen LogP) is 5.03. The van der Waals surface area contributed by atoms with E-state index < -0.39 is 10.0 Å². The molecule has 156 valence electrons. The first-order valence-corrected chi connectivity index (χ1v) is 11.2. The lowest BCUT2D eigenvalue weighted by atomic mass is 10.1. The maximum Gasteiger partial charge on any atom is 0.255 e. The van der Waals surface area contributed by atoms with Crippen LogP contribution in [0.1, 0.15) is 27.0 Å². The third-order valence-corrected chi connectivity index (χ3v) is 7.01. The monoisotopic (exact) mass is 442 g/mol. The fraction of sp³-hybridized carbons (Fsp3) is 0.174. The van der Waals surface area contributed by atoms with Gasteiger partial charge in [-0.15, -0.1) is 0 Å². The Bertz CT molecular complexity index is 1160. The minimum atomic E-state index is -3.59. The molecule has 0 aliphatic heterocycles. The van der Waals surface area contributed by atoms with Gasteiger partial charge in [0.2, 0.25) is 10.0 Å². The number of benzene rings is 3. The third-order valence-electron chi connectivity index (χ3n) is 4.78. The van der Waals surface area contributed by atoms with Crippen LogP contribution in [0.25, 0.3) is 0 Å². The van der Waals surface area contributed by atoms with Crippen LogP contribution in [0.3, 0.4) is 0 Å². The Morgan fingerprint density at radius 3 is 2.20 bits per heavy atom. The highest BCUT2D eigenvalue weighted by Crippen LogP contribution is 2.21. The molecule has 0 saturated heterocycles. The molecule has 30 heavy (non-hydrogen) atoms. The zero-order chi connectivity index (χ0) is 21.9. The van der Waals surface area contributed by atoms with E-state index in [4.69, 9.17) is 11.6 Å². The summed E-state index contributed by atoms with van der Waals surface area (Å²) in [6, 6.07) is 18.9. The summed E-state index contributed by atoms with van der Waals surface area (Å²) in [6.07, 6.45) is 0. The van der Waals surface area contributed by atoms with Gasteiger partial charge in [-0.1, -0.05) is 47.5 Å². The van der Waals surface area contributed by atoms with E-state index in [-0.39, 0.29) is 17.3 Å². The normalized spacial score (nSPS) is 11.5. The Morgan fingerprint density at radius 2 is 1.60 bits per heavy atom. The molecular formula is C23H23ClN2O3S. The molecule has 1 N–H and O–H groups in total. The molecule has 0 heterocycles. The lowest BCUT2D eigenvalue weighted by molar-refractivity contribution is 0.102. The highest BCUT2D eigenvalue weighted by Gasteiger charge is 2.20. The molecule has 0 bridgehead atoms. The highest BCUT2D eigenvalue weighted by molar-refractivity contribution is 7.89. The SMILES string of the molecule is Cc1ccc(S(=O)(=O)N(C)Cc2ccc(C(=O)Nc3ccc(C)c(Cl)c3)cc2)cc1. The first-order chi connectivity index (χ1) is 14.2. The van der Waals surface area contributed by atoms with Crippen LogP contribution in [0, 0.1) is 13.8 Å². The average molecular weight is 443 g/mol. The van der Waals surface area contributed by atoms with Crippen LogP contribution < -0.4 is 5.32 Å². The van der Waals surface area contributed by atoms with Crippen LogP contribution in [-0.4, -0.2) is 25.7 Å². The van der Waals surface area contributed by atoms with E-state index in [1.807, 2.05) is 19.9 Å². The summed E-state index contributed by atoms with van der Waals surface area (Å²) in [5.41, 5.74) is 3.80. The standard InChI is InChI=1S/C23H23ClN2O3S/c1-16-4-12-21(13-5-16)30(28,29)26(3)15-18-7-9-19(10-8-18)23(27)25-20-11-6-17(2)22(24)14-20/h4-14H,15H2,1-3H3,(H,25,27). The molecule has 0 fully saturated rings. The molecule has 0 spiro atoms. The Balaban J connectivity index is 1.68. The molecule has 7 heteroatoms. The third kappa shape index (κ3) is 5.08. The summed E-state index contributed by atoms with van der Waals surface area (Å²) in [7, 11) is -2.05. The predicted molar refractivity (Wildman–Crippen MR) is 120 cm³/mol. The number of carbonyl (C=O) groups is 1. The smallest absolute Gasteiger partial charge is 0.255 e. The number of nitrogens with zero attached hydrogens (tertiary/aromatic N) is 1. The van der Waals surface area contributed by atoms with E-state index in [1.54, 1.807) is 60.7 Å². The van der Waals surface area contributed by atoms with Crippen molar-refractivity contribution in [1.29, 1.82) is 0 Å². The quantitative estimate of drug-likeness (QED) is 0.582. The molecule has 0 saturated carbocycles. The van der Waals surface area contributed by atoms with E-state index in [0.717, 1.165) is 16.7 Å². The molecule has 0 aliphatic rings. The van der Waals surface area contributed by atoms with Crippen LogP contribution in [-0.2, 0) is 16.6 Å². The van der Waals surface area contributed by atoms with Crippen LogP contribution in [0.15, 0.2) is 71.6 Å². The van der Waals surface area contributed by atoms with E-state index in [0.29, 0.717) is 16.3 Å². The number of amides is 1. The second kappa shape index (κ2) is 9.00. The van der Waals surface area contributed by atoms with Crippen LogP contribution >= 0.6 is 11.6 Å². The first kappa shape index (κ1) is 22.0. The molecule has 0 unspecified atom stereocenters. The van der Waals surface area contributed by atoms with Gasteiger partial charge < -0.3 is 5.32 Å². The van der Waals surface area contributed by atoms with Crippen molar-refractivity contribution in [2.45, 2.75) is 25.3 Å². The Kier molecular flexibility index (Phi) is 6.61. The van der Waals surface area contributed by atoms with Gasteiger partial charge in [-0.05, 0) is 61.4 Å². The summed E-state index contributed by atoms with van der Waals surface area (Å²) in [4.78, 5) is 12.7. The lowest BCUT2D eigenvalue weighted by Gasteiger charge is -2.17. The second-order valence-corrected chi connectivity index (χ2v) is 9.64. The van der Waals surface area contributed by atoms with Gasteiger partial charge in [-0.25, -0.2) is 8.42 Å². The van der Waals surface area contributed by atoms with Crippen molar-refractivity contribution in [2.24, 2.45) is 0 Å². The fourth-order valence-electron chi connectivity index (χ4n) is 2.87. The molecule has 3 aromatic carbocycles. The molecule has 0 aliphatic carbocycles. The van der Waals surface area contributed by atoms with E-state index in [1.165, 1.54) is 11.4 Å². The largest absolute Gasteiger partial charge is 0.322 e. The first-order valence-electron chi connectivity index (χ1n) is 9.36. The Hall–Kier alpha value is -2.67. The molecule has 1 amide bonds. The maximum absolute atomic E-state index is 12.7. The van der Waals surface area contributed by atoms with Crippen LogP contribution in [0.2, 0.25) is 5.02 Å². The van der Waals surface area contributed by atoms with Gasteiger partial charge >= 0.3 is 0 Å². The summed E-state index contributed by atoms with van der Waals surface area (Å²) >= 11 is 6.10. The van der Waals surface area contributed by atoms with Gasteiger partial charge in [0.1, 0.15) is 0 Å². The van der Waals surface area contributed by atoms with Gasteiger partial charge in [0.25, 0.3) is 5.91 Å². The summed E-state index contributed by atoms with van der Waals surface area (Å²) in [5.74, 6) is -0.262. The lowest BCUT2D eigenvalue weighted by Crippen LogP contribution is -2.26. The topological polar surface area (TPSA) is 66.5 Å². The molecule has 3 aromatic rings. The zero-order valence-electron chi connectivity index (χ0n) is 17.0. The molecule has 5 nitrogen and oxygen atoms in total. The zero-order valence-corrected chi connectivity index (χ0v) is 18.6. The van der Waals surface area contributed by atoms with Gasteiger partial charge in [0.05, 0.1) is 4.90 Å². The Labute approximate surface area is 182 Å². The van der Waals surface area contributed by atoms with Crippen molar-refractivity contribution < 1.29 is 13.2 Å². The van der Waals surface area contributed by atoms with Crippen LogP contribution in [0.4, 0.5) is 5.69 Å². The second-order valence-electron chi connectivity index (χ2n) is 7.19. The van der Waals surface area contributed by atoms with Crippen molar-refractivity contribution in [2.75, 3.05) is 12.4 Å². The Morgan fingerprint density at radius 1 is 0.967 bits per heavy atom.